The zero-order valence-electron chi connectivity index (χ0n) is 11.0. The molecule has 2 aliphatic rings. The van der Waals surface area contributed by atoms with Gasteiger partial charge in [-0.3, -0.25) is 19.7 Å². The van der Waals surface area contributed by atoms with Crippen LogP contribution in [-0.2, 0) is 14.4 Å². The van der Waals surface area contributed by atoms with Crippen LogP contribution in [0.1, 0.15) is 46.0 Å². The molecule has 100 valence electrons. The van der Waals surface area contributed by atoms with E-state index in [1.807, 2.05) is 13.8 Å². The van der Waals surface area contributed by atoms with Crippen LogP contribution in [0.4, 0.5) is 0 Å². The van der Waals surface area contributed by atoms with Gasteiger partial charge in [-0.05, 0) is 19.3 Å². The number of hydrogen-bond donors (Lipinski definition) is 1. The molecule has 0 radical (unpaired) electrons. The van der Waals surface area contributed by atoms with Crippen molar-refractivity contribution in [2.45, 2.75) is 52.0 Å². The van der Waals surface area contributed by atoms with Crippen molar-refractivity contribution in [3.63, 3.8) is 0 Å². The quantitative estimate of drug-likeness (QED) is 0.740. The summed E-state index contributed by atoms with van der Waals surface area (Å²) < 4.78 is 0. The van der Waals surface area contributed by atoms with Crippen LogP contribution in [0.2, 0.25) is 0 Å². The maximum Gasteiger partial charge on any atom is 0.249 e. The zero-order valence-corrected chi connectivity index (χ0v) is 11.0. The third kappa shape index (κ3) is 2.13. The summed E-state index contributed by atoms with van der Waals surface area (Å²) in [6, 6.07) is -0.493. The Labute approximate surface area is 107 Å². The normalized spacial score (nSPS) is 27.2. The number of imide groups is 1. The van der Waals surface area contributed by atoms with Crippen LogP contribution in [0.15, 0.2) is 0 Å². The van der Waals surface area contributed by atoms with Crippen molar-refractivity contribution in [1.82, 2.24) is 10.2 Å². The Kier molecular flexibility index (Phi) is 3.41. The van der Waals surface area contributed by atoms with Gasteiger partial charge in [-0.25, -0.2) is 0 Å². The molecule has 1 saturated carbocycles. The molecule has 5 heteroatoms. The molecule has 3 amide bonds. The highest BCUT2D eigenvalue weighted by Gasteiger charge is 2.44. The zero-order chi connectivity index (χ0) is 13.3. The van der Waals surface area contributed by atoms with Crippen molar-refractivity contribution in [3.05, 3.63) is 0 Å². The average Bonchev–Trinajstić information content (AvgIpc) is 2.75. The fourth-order valence-corrected chi connectivity index (χ4v) is 3.00. The van der Waals surface area contributed by atoms with E-state index in [9.17, 15) is 14.4 Å². The van der Waals surface area contributed by atoms with Crippen LogP contribution in [0.25, 0.3) is 0 Å². The first-order valence-electron chi connectivity index (χ1n) is 6.63. The topological polar surface area (TPSA) is 66.5 Å². The maximum absolute atomic E-state index is 12.6. The van der Waals surface area contributed by atoms with Crippen LogP contribution in [-0.4, -0.2) is 35.2 Å². The van der Waals surface area contributed by atoms with E-state index in [-0.39, 0.29) is 29.7 Å². The SMILES string of the molecule is CCC1C(=O)NC(=O)CN1C(=O)C1(C)CCCC1. The first-order chi connectivity index (χ1) is 8.48. The van der Waals surface area contributed by atoms with E-state index in [1.165, 1.54) is 4.90 Å². The number of nitrogens with zero attached hydrogens (tertiary/aromatic N) is 1. The summed E-state index contributed by atoms with van der Waals surface area (Å²) in [6.07, 6.45) is 4.35. The van der Waals surface area contributed by atoms with E-state index in [0.29, 0.717) is 6.42 Å². The Hall–Kier alpha value is -1.39. The monoisotopic (exact) mass is 252 g/mol. The lowest BCUT2D eigenvalue weighted by molar-refractivity contribution is -0.155. The summed E-state index contributed by atoms with van der Waals surface area (Å²) in [7, 11) is 0. The van der Waals surface area contributed by atoms with Crippen molar-refractivity contribution in [2.75, 3.05) is 6.54 Å². The molecule has 1 saturated heterocycles. The highest BCUT2D eigenvalue weighted by Crippen LogP contribution is 2.39. The molecule has 2 rings (SSSR count). The molecular weight excluding hydrogens is 232 g/mol. The minimum Gasteiger partial charge on any atom is -0.321 e. The van der Waals surface area contributed by atoms with Crippen molar-refractivity contribution in [2.24, 2.45) is 5.41 Å². The van der Waals surface area contributed by atoms with Gasteiger partial charge in [0.05, 0.1) is 0 Å². The molecule has 0 aromatic rings. The molecule has 1 unspecified atom stereocenters. The number of piperazine rings is 1. The predicted octanol–water partition coefficient (Wildman–Crippen LogP) is 0.830. The summed E-state index contributed by atoms with van der Waals surface area (Å²) >= 11 is 0. The Bertz CT molecular complexity index is 386. The summed E-state index contributed by atoms with van der Waals surface area (Å²) in [5.41, 5.74) is -0.384. The van der Waals surface area contributed by atoms with Crippen LogP contribution < -0.4 is 5.32 Å². The van der Waals surface area contributed by atoms with Crippen molar-refractivity contribution >= 4 is 17.7 Å². The third-order valence-electron chi connectivity index (χ3n) is 4.13. The van der Waals surface area contributed by atoms with Gasteiger partial charge in [0.25, 0.3) is 0 Å². The first-order valence-corrected chi connectivity index (χ1v) is 6.63. The van der Waals surface area contributed by atoms with E-state index < -0.39 is 6.04 Å². The number of rotatable bonds is 2. The average molecular weight is 252 g/mol. The predicted molar refractivity (Wildman–Crippen MR) is 65.5 cm³/mol. The van der Waals surface area contributed by atoms with E-state index >= 15 is 0 Å². The van der Waals surface area contributed by atoms with Gasteiger partial charge >= 0.3 is 0 Å². The summed E-state index contributed by atoms with van der Waals surface area (Å²) in [6.45, 7) is 3.82. The van der Waals surface area contributed by atoms with E-state index in [1.54, 1.807) is 0 Å². The Morgan fingerprint density at radius 2 is 2.00 bits per heavy atom. The largest absolute Gasteiger partial charge is 0.321 e. The van der Waals surface area contributed by atoms with Crippen LogP contribution >= 0.6 is 0 Å². The molecule has 1 heterocycles. The van der Waals surface area contributed by atoms with Gasteiger partial charge in [-0.2, -0.15) is 0 Å². The van der Waals surface area contributed by atoms with Gasteiger partial charge in [0.2, 0.25) is 17.7 Å². The van der Waals surface area contributed by atoms with Crippen LogP contribution in [0.3, 0.4) is 0 Å². The van der Waals surface area contributed by atoms with Gasteiger partial charge < -0.3 is 4.90 Å². The van der Waals surface area contributed by atoms with Gasteiger partial charge in [0, 0.05) is 5.41 Å². The van der Waals surface area contributed by atoms with Gasteiger partial charge in [0.15, 0.2) is 0 Å². The smallest absolute Gasteiger partial charge is 0.249 e. The van der Waals surface area contributed by atoms with E-state index in [0.717, 1.165) is 25.7 Å². The first kappa shape index (κ1) is 13.1. The van der Waals surface area contributed by atoms with Crippen LogP contribution in [0.5, 0.6) is 0 Å². The molecule has 1 atom stereocenters. The molecule has 0 aromatic carbocycles. The molecule has 1 N–H and O–H groups in total. The number of carbonyl (C=O) groups excluding carboxylic acids is 3. The summed E-state index contributed by atoms with van der Waals surface area (Å²) in [5, 5.41) is 2.30. The second-order valence-electron chi connectivity index (χ2n) is 5.54. The van der Waals surface area contributed by atoms with Crippen LogP contribution in [0, 0.1) is 5.41 Å². The van der Waals surface area contributed by atoms with Gasteiger partial charge in [-0.1, -0.05) is 26.7 Å². The highest BCUT2D eigenvalue weighted by molar-refractivity contribution is 6.04. The van der Waals surface area contributed by atoms with Gasteiger partial charge in [-0.15, -0.1) is 0 Å². The molecule has 5 nitrogen and oxygen atoms in total. The highest BCUT2D eigenvalue weighted by atomic mass is 16.2. The number of amides is 3. The second-order valence-corrected chi connectivity index (χ2v) is 5.54. The molecule has 2 fully saturated rings. The lowest BCUT2D eigenvalue weighted by Crippen LogP contribution is -2.61. The third-order valence-corrected chi connectivity index (χ3v) is 4.13. The molecule has 0 bridgehead atoms. The summed E-state index contributed by atoms with van der Waals surface area (Å²) in [4.78, 5) is 37.2. The molecule has 18 heavy (non-hydrogen) atoms. The lowest BCUT2D eigenvalue weighted by Gasteiger charge is -2.38. The second kappa shape index (κ2) is 4.71. The lowest BCUT2D eigenvalue weighted by atomic mass is 9.86. The minimum atomic E-state index is -0.493. The molecule has 0 spiro atoms. The van der Waals surface area contributed by atoms with Crippen molar-refractivity contribution in [3.8, 4) is 0 Å². The van der Waals surface area contributed by atoms with E-state index in [4.69, 9.17) is 0 Å². The molecular formula is C13H20N2O3. The number of hydrogen-bond acceptors (Lipinski definition) is 3. The Morgan fingerprint density at radius 1 is 1.39 bits per heavy atom. The number of carbonyl (C=O) groups is 3. The molecule has 1 aliphatic carbocycles. The van der Waals surface area contributed by atoms with Crippen molar-refractivity contribution in [1.29, 1.82) is 0 Å². The minimum absolute atomic E-state index is 0.0126. The Morgan fingerprint density at radius 3 is 2.56 bits per heavy atom. The molecule has 0 aromatic heterocycles. The fourth-order valence-electron chi connectivity index (χ4n) is 3.00. The standard InChI is InChI=1S/C13H20N2O3/c1-3-9-11(17)14-10(16)8-15(9)12(18)13(2)6-4-5-7-13/h9H,3-8H2,1-2H3,(H,14,16,17). The van der Waals surface area contributed by atoms with Gasteiger partial charge in [0.1, 0.15) is 12.6 Å². The van der Waals surface area contributed by atoms with Crippen molar-refractivity contribution < 1.29 is 14.4 Å². The molecule has 1 aliphatic heterocycles. The Balaban J connectivity index is 2.21. The maximum atomic E-state index is 12.6. The fraction of sp³-hybridized carbons (Fsp3) is 0.769. The summed E-state index contributed by atoms with van der Waals surface area (Å²) in [5.74, 6) is -0.751. The van der Waals surface area contributed by atoms with E-state index in [2.05, 4.69) is 5.32 Å². The number of nitrogens with one attached hydrogen (secondary N) is 1.